The summed E-state index contributed by atoms with van der Waals surface area (Å²) in [4.78, 5) is 11.8. The van der Waals surface area contributed by atoms with E-state index in [-0.39, 0.29) is 11.6 Å². The van der Waals surface area contributed by atoms with Crippen molar-refractivity contribution in [1.29, 1.82) is 0 Å². The van der Waals surface area contributed by atoms with Crippen LogP contribution in [0.4, 0.5) is 20.6 Å². The second-order valence-corrected chi connectivity index (χ2v) is 4.79. The van der Waals surface area contributed by atoms with Gasteiger partial charge >= 0.3 is 6.03 Å². The number of urea groups is 1. The first-order chi connectivity index (χ1) is 10.1. The van der Waals surface area contributed by atoms with Crippen molar-refractivity contribution in [3.8, 4) is 0 Å². The van der Waals surface area contributed by atoms with Gasteiger partial charge in [0.2, 0.25) is 0 Å². The third-order valence-electron chi connectivity index (χ3n) is 2.79. The molecule has 0 bridgehead atoms. The number of benzene rings is 2. The lowest BCUT2D eigenvalue weighted by Crippen LogP contribution is -2.19. The van der Waals surface area contributed by atoms with Crippen LogP contribution in [0.1, 0.15) is 5.56 Å². The summed E-state index contributed by atoms with van der Waals surface area (Å²) in [6.45, 7) is 0.0819. The molecular formula is C15H14ClFN2O2. The zero-order chi connectivity index (χ0) is 15.2. The Morgan fingerprint density at radius 2 is 1.71 bits per heavy atom. The fourth-order valence-electron chi connectivity index (χ4n) is 1.75. The fraction of sp³-hybridized carbons (Fsp3) is 0.133. The van der Waals surface area contributed by atoms with Gasteiger partial charge in [0.05, 0.1) is 5.02 Å². The molecule has 0 saturated heterocycles. The van der Waals surface area contributed by atoms with Gasteiger partial charge in [-0.2, -0.15) is 0 Å². The summed E-state index contributed by atoms with van der Waals surface area (Å²) in [6, 6.07) is 10.6. The molecule has 2 aromatic rings. The Morgan fingerprint density at radius 3 is 2.33 bits per heavy atom. The molecule has 3 N–H and O–H groups in total. The molecule has 0 unspecified atom stereocenters. The fourth-order valence-corrected chi connectivity index (χ4v) is 1.93. The smallest absolute Gasteiger partial charge is 0.323 e. The summed E-state index contributed by atoms with van der Waals surface area (Å²) >= 11 is 5.64. The van der Waals surface area contributed by atoms with Gasteiger partial charge in [-0.05, 0) is 42.3 Å². The first-order valence-corrected chi connectivity index (χ1v) is 6.69. The Bertz CT molecular complexity index is 632. The maximum Gasteiger partial charge on any atom is 0.323 e. The summed E-state index contributed by atoms with van der Waals surface area (Å²) in [7, 11) is 0. The van der Waals surface area contributed by atoms with Crippen molar-refractivity contribution in [2.24, 2.45) is 0 Å². The Hall–Kier alpha value is -2.11. The van der Waals surface area contributed by atoms with Crippen molar-refractivity contribution in [3.05, 3.63) is 58.9 Å². The van der Waals surface area contributed by atoms with Crippen LogP contribution in [0.25, 0.3) is 0 Å². The first kappa shape index (κ1) is 15.3. The quantitative estimate of drug-likeness (QED) is 0.807. The lowest BCUT2D eigenvalue weighted by molar-refractivity contribution is 0.262. The number of rotatable bonds is 4. The summed E-state index contributed by atoms with van der Waals surface area (Å²) in [5, 5.41) is 14.0. The van der Waals surface area contributed by atoms with Crippen molar-refractivity contribution in [3.63, 3.8) is 0 Å². The van der Waals surface area contributed by atoms with E-state index in [2.05, 4.69) is 10.6 Å². The van der Waals surface area contributed by atoms with Gasteiger partial charge in [-0.25, -0.2) is 9.18 Å². The summed E-state index contributed by atoms with van der Waals surface area (Å²) < 4.78 is 13.0. The van der Waals surface area contributed by atoms with E-state index >= 15 is 0 Å². The highest BCUT2D eigenvalue weighted by molar-refractivity contribution is 6.31. The van der Waals surface area contributed by atoms with Gasteiger partial charge in [0.25, 0.3) is 0 Å². The number of carbonyl (C=O) groups excluding carboxylic acids is 1. The van der Waals surface area contributed by atoms with Crippen LogP contribution in [0, 0.1) is 5.82 Å². The highest BCUT2D eigenvalue weighted by Crippen LogP contribution is 2.19. The number of carbonyl (C=O) groups is 1. The van der Waals surface area contributed by atoms with Crippen LogP contribution in [0.2, 0.25) is 5.02 Å². The Kier molecular flexibility index (Phi) is 5.14. The molecule has 0 aliphatic carbocycles. The van der Waals surface area contributed by atoms with Crippen LogP contribution in [0.5, 0.6) is 0 Å². The largest absolute Gasteiger partial charge is 0.396 e. The van der Waals surface area contributed by atoms with Gasteiger partial charge in [0.15, 0.2) is 0 Å². The van der Waals surface area contributed by atoms with Crippen molar-refractivity contribution in [2.75, 3.05) is 17.2 Å². The van der Waals surface area contributed by atoms with E-state index in [1.807, 2.05) is 12.1 Å². The predicted octanol–water partition coefficient (Wildman–Crippen LogP) is 3.66. The zero-order valence-electron chi connectivity index (χ0n) is 11.1. The molecule has 0 saturated carbocycles. The standard InChI is InChI=1S/C15H14ClFN2O2/c16-13-9-12(5-6-14(13)17)19-15(21)18-11-3-1-10(2-4-11)7-8-20/h1-6,9,20H,7-8H2,(H2,18,19,21). The summed E-state index contributed by atoms with van der Waals surface area (Å²) in [6.07, 6.45) is 0.570. The molecule has 21 heavy (non-hydrogen) atoms. The normalized spacial score (nSPS) is 10.2. The lowest BCUT2D eigenvalue weighted by Gasteiger charge is -2.08. The van der Waals surface area contributed by atoms with Crippen LogP contribution in [-0.2, 0) is 6.42 Å². The number of anilines is 2. The van der Waals surface area contributed by atoms with Crippen molar-refractivity contribution < 1.29 is 14.3 Å². The Balaban J connectivity index is 1.96. The molecule has 2 amide bonds. The van der Waals surface area contributed by atoms with E-state index in [0.717, 1.165) is 5.56 Å². The third-order valence-corrected chi connectivity index (χ3v) is 3.08. The second kappa shape index (κ2) is 7.06. The van der Waals surface area contributed by atoms with Crippen molar-refractivity contribution in [2.45, 2.75) is 6.42 Å². The summed E-state index contributed by atoms with van der Waals surface area (Å²) in [5.41, 5.74) is 1.99. The molecule has 6 heteroatoms. The Labute approximate surface area is 126 Å². The molecule has 2 rings (SSSR count). The number of halogens is 2. The van der Waals surface area contributed by atoms with E-state index in [1.54, 1.807) is 12.1 Å². The van der Waals surface area contributed by atoms with Crippen LogP contribution in [0.15, 0.2) is 42.5 Å². The van der Waals surface area contributed by atoms with Gasteiger partial charge in [-0.1, -0.05) is 23.7 Å². The van der Waals surface area contributed by atoms with Crippen molar-refractivity contribution in [1.82, 2.24) is 0 Å². The van der Waals surface area contributed by atoms with Crippen molar-refractivity contribution >= 4 is 29.0 Å². The van der Waals surface area contributed by atoms with Gasteiger partial charge < -0.3 is 15.7 Å². The number of hydrogen-bond acceptors (Lipinski definition) is 2. The van der Waals surface area contributed by atoms with E-state index in [1.165, 1.54) is 18.2 Å². The average molecular weight is 309 g/mol. The molecule has 0 aromatic heterocycles. The molecule has 0 atom stereocenters. The molecule has 0 radical (unpaired) electrons. The highest BCUT2D eigenvalue weighted by Gasteiger charge is 2.05. The molecule has 2 aromatic carbocycles. The minimum Gasteiger partial charge on any atom is -0.396 e. The Morgan fingerprint density at radius 1 is 1.10 bits per heavy atom. The second-order valence-electron chi connectivity index (χ2n) is 4.38. The molecule has 110 valence electrons. The first-order valence-electron chi connectivity index (χ1n) is 6.31. The third kappa shape index (κ3) is 4.44. The van der Waals surface area contributed by atoms with Gasteiger partial charge in [-0.15, -0.1) is 0 Å². The minimum absolute atomic E-state index is 0.0545. The van der Waals surface area contributed by atoms with Gasteiger partial charge in [0, 0.05) is 18.0 Å². The van der Waals surface area contributed by atoms with E-state index in [9.17, 15) is 9.18 Å². The SMILES string of the molecule is O=C(Nc1ccc(CCO)cc1)Nc1ccc(F)c(Cl)c1. The topological polar surface area (TPSA) is 61.4 Å². The minimum atomic E-state index is -0.540. The maximum atomic E-state index is 13.0. The summed E-state index contributed by atoms with van der Waals surface area (Å²) in [5.74, 6) is -0.540. The lowest BCUT2D eigenvalue weighted by atomic mass is 10.1. The molecule has 0 aliphatic heterocycles. The molecule has 0 fully saturated rings. The predicted molar refractivity (Wildman–Crippen MR) is 81.3 cm³/mol. The van der Waals surface area contributed by atoms with Gasteiger partial charge in [0.1, 0.15) is 5.82 Å². The van der Waals surface area contributed by atoms with Crippen LogP contribution < -0.4 is 10.6 Å². The van der Waals surface area contributed by atoms with Crippen LogP contribution in [0.3, 0.4) is 0 Å². The van der Waals surface area contributed by atoms with E-state index in [4.69, 9.17) is 16.7 Å². The maximum absolute atomic E-state index is 13.0. The molecular weight excluding hydrogens is 295 g/mol. The molecule has 0 heterocycles. The molecule has 0 spiro atoms. The number of amides is 2. The van der Waals surface area contributed by atoms with Crippen LogP contribution in [-0.4, -0.2) is 17.7 Å². The number of hydrogen-bond donors (Lipinski definition) is 3. The van der Waals surface area contributed by atoms with E-state index in [0.29, 0.717) is 17.8 Å². The average Bonchev–Trinajstić information content (AvgIpc) is 2.45. The van der Waals surface area contributed by atoms with E-state index < -0.39 is 11.8 Å². The van der Waals surface area contributed by atoms with Crippen LogP contribution >= 0.6 is 11.6 Å². The number of aliphatic hydroxyl groups is 1. The highest BCUT2D eigenvalue weighted by atomic mass is 35.5. The molecule has 4 nitrogen and oxygen atoms in total. The number of nitrogens with one attached hydrogen (secondary N) is 2. The monoisotopic (exact) mass is 308 g/mol. The molecule has 0 aliphatic rings. The van der Waals surface area contributed by atoms with Gasteiger partial charge in [-0.3, -0.25) is 0 Å². The zero-order valence-corrected chi connectivity index (χ0v) is 11.8. The number of aliphatic hydroxyl groups excluding tert-OH is 1.